The molecule has 1 amide bonds. The van der Waals surface area contributed by atoms with Gasteiger partial charge in [0.1, 0.15) is 5.75 Å². The summed E-state index contributed by atoms with van der Waals surface area (Å²) in [7, 11) is -1.95. The Morgan fingerprint density at radius 1 is 1.14 bits per heavy atom. The normalized spacial score (nSPS) is 11.7. The fourth-order valence-corrected chi connectivity index (χ4v) is 5.40. The van der Waals surface area contributed by atoms with Gasteiger partial charge in [-0.3, -0.25) is 4.79 Å². The molecule has 2 aromatic carbocycles. The van der Waals surface area contributed by atoms with Gasteiger partial charge in [0.2, 0.25) is 15.9 Å². The van der Waals surface area contributed by atoms with E-state index in [1.807, 2.05) is 26.0 Å². The lowest BCUT2D eigenvalue weighted by atomic mass is 10.1. The number of thiazole rings is 1. The number of methoxy groups -OCH3 is 1. The Bertz CT molecular complexity index is 1100. The molecule has 0 unspecified atom stereocenters. The van der Waals surface area contributed by atoms with Gasteiger partial charge in [-0.25, -0.2) is 13.4 Å². The van der Waals surface area contributed by atoms with Gasteiger partial charge < -0.3 is 10.1 Å². The molecule has 0 aliphatic rings. The topological polar surface area (TPSA) is 88.6 Å². The van der Waals surface area contributed by atoms with Crippen molar-refractivity contribution in [1.82, 2.24) is 9.29 Å². The molecule has 0 spiro atoms. The van der Waals surface area contributed by atoms with Crippen molar-refractivity contribution in [2.45, 2.75) is 25.2 Å². The highest BCUT2D eigenvalue weighted by Gasteiger charge is 2.22. The standard InChI is InChI=1S/C20H23N3O4S2/c1-4-23(5-2)29(25,26)16-10-11-17-18(13-16)28-20(21-17)22-19(24)12-14-6-8-15(27-3)9-7-14/h6-11,13H,4-5,12H2,1-3H3,(H,21,22,24). The first-order valence-corrected chi connectivity index (χ1v) is 11.5. The van der Waals surface area contributed by atoms with Gasteiger partial charge in [0.15, 0.2) is 5.13 Å². The molecule has 1 heterocycles. The van der Waals surface area contributed by atoms with Crippen LogP contribution in [-0.4, -0.2) is 43.8 Å². The van der Waals surface area contributed by atoms with Crippen molar-refractivity contribution in [2.24, 2.45) is 0 Å². The molecule has 0 saturated heterocycles. The van der Waals surface area contributed by atoms with Crippen molar-refractivity contribution in [1.29, 1.82) is 0 Å². The summed E-state index contributed by atoms with van der Waals surface area (Å²) in [4.78, 5) is 16.9. The molecule has 1 N–H and O–H groups in total. The number of hydrogen-bond donors (Lipinski definition) is 1. The maximum Gasteiger partial charge on any atom is 0.243 e. The van der Waals surface area contributed by atoms with Crippen molar-refractivity contribution in [3.05, 3.63) is 48.0 Å². The van der Waals surface area contributed by atoms with Crippen molar-refractivity contribution in [2.75, 3.05) is 25.5 Å². The molecule has 0 aliphatic carbocycles. The monoisotopic (exact) mass is 433 g/mol. The zero-order valence-corrected chi connectivity index (χ0v) is 18.1. The van der Waals surface area contributed by atoms with Crippen LogP contribution >= 0.6 is 11.3 Å². The summed E-state index contributed by atoms with van der Waals surface area (Å²) in [6.07, 6.45) is 0.210. The number of benzene rings is 2. The van der Waals surface area contributed by atoms with Gasteiger partial charge in [-0.05, 0) is 35.9 Å². The number of fused-ring (bicyclic) bond motifs is 1. The Hall–Kier alpha value is -2.49. The summed E-state index contributed by atoms with van der Waals surface area (Å²) in [5.41, 5.74) is 1.50. The molecule has 0 saturated carbocycles. The predicted octanol–water partition coefficient (Wildman–Crippen LogP) is 3.52. The van der Waals surface area contributed by atoms with Gasteiger partial charge in [-0.15, -0.1) is 0 Å². The fourth-order valence-electron chi connectivity index (χ4n) is 2.92. The second-order valence-corrected chi connectivity index (χ2v) is 9.28. The van der Waals surface area contributed by atoms with E-state index in [1.54, 1.807) is 37.4 Å². The number of hydrogen-bond acceptors (Lipinski definition) is 6. The first-order valence-electron chi connectivity index (χ1n) is 9.21. The minimum absolute atomic E-state index is 0.190. The van der Waals surface area contributed by atoms with Gasteiger partial charge in [-0.2, -0.15) is 4.31 Å². The largest absolute Gasteiger partial charge is 0.497 e. The summed E-state index contributed by atoms with van der Waals surface area (Å²) in [5.74, 6) is 0.543. The van der Waals surface area contributed by atoms with Crippen LogP contribution in [0, 0.1) is 0 Å². The highest BCUT2D eigenvalue weighted by molar-refractivity contribution is 7.89. The summed E-state index contributed by atoms with van der Waals surface area (Å²) >= 11 is 1.25. The Kier molecular flexibility index (Phi) is 6.51. The quantitative estimate of drug-likeness (QED) is 0.587. The number of sulfonamides is 1. The van der Waals surface area contributed by atoms with Crippen molar-refractivity contribution in [3.63, 3.8) is 0 Å². The van der Waals surface area contributed by atoms with E-state index < -0.39 is 10.0 Å². The number of anilines is 1. The molecule has 154 valence electrons. The van der Waals surface area contributed by atoms with Crippen LogP contribution in [0.2, 0.25) is 0 Å². The van der Waals surface area contributed by atoms with Crippen molar-refractivity contribution < 1.29 is 17.9 Å². The lowest BCUT2D eigenvalue weighted by Gasteiger charge is -2.18. The van der Waals surface area contributed by atoms with Gasteiger partial charge in [-0.1, -0.05) is 37.3 Å². The van der Waals surface area contributed by atoms with Gasteiger partial charge in [0.05, 0.1) is 28.6 Å². The molecule has 7 nitrogen and oxygen atoms in total. The molecule has 0 aliphatic heterocycles. The molecule has 0 fully saturated rings. The van der Waals surface area contributed by atoms with Crippen LogP contribution in [0.5, 0.6) is 5.75 Å². The molecule has 3 rings (SSSR count). The number of rotatable bonds is 8. The predicted molar refractivity (Wildman–Crippen MR) is 115 cm³/mol. The summed E-state index contributed by atoms with van der Waals surface area (Å²) in [6, 6.07) is 12.1. The van der Waals surface area contributed by atoms with E-state index in [0.717, 1.165) is 11.3 Å². The van der Waals surface area contributed by atoms with Crippen LogP contribution in [0.3, 0.4) is 0 Å². The molecule has 3 aromatic rings. The third-order valence-corrected chi connectivity index (χ3v) is 7.45. The Morgan fingerprint density at radius 3 is 2.45 bits per heavy atom. The number of ether oxygens (including phenoxy) is 1. The molecule has 1 aromatic heterocycles. The average molecular weight is 434 g/mol. The van der Waals surface area contributed by atoms with E-state index in [4.69, 9.17) is 4.74 Å². The van der Waals surface area contributed by atoms with Crippen LogP contribution in [0.25, 0.3) is 10.2 Å². The maximum atomic E-state index is 12.7. The fraction of sp³-hybridized carbons (Fsp3) is 0.300. The van der Waals surface area contributed by atoms with Gasteiger partial charge in [0, 0.05) is 13.1 Å². The Labute approximate surface area is 174 Å². The second kappa shape index (κ2) is 8.89. The van der Waals surface area contributed by atoms with E-state index in [9.17, 15) is 13.2 Å². The van der Waals surface area contributed by atoms with Crippen LogP contribution in [0.1, 0.15) is 19.4 Å². The summed E-state index contributed by atoms with van der Waals surface area (Å²) < 4.78 is 32.6. The number of carbonyl (C=O) groups is 1. The maximum absolute atomic E-state index is 12.7. The van der Waals surface area contributed by atoms with Crippen LogP contribution in [0.15, 0.2) is 47.4 Å². The molecular formula is C20H23N3O4S2. The van der Waals surface area contributed by atoms with Crippen LogP contribution < -0.4 is 10.1 Å². The first kappa shape index (κ1) is 21.2. The van der Waals surface area contributed by atoms with Crippen LogP contribution in [-0.2, 0) is 21.2 Å². The summed E-state index contributed by atoms with van der Waals surface area (Å²) in [6.45, 7) is 4.43. The van der Waals surface area contributed by atoms with E-state index in [-0.39, 0.29) is 17.2 Å². The molecule has 29 heavy (non-hydrogen) atoms. The van der Waals surface area contributed by atoms with Gasteiger partial charge >= 0.3 is 0 Å². The number of aromatic nitrogens is 1. The second-order valence-electron chi connectivity index (χ2n) is 6.31. The lowest BCUT2D eigenvalue weighted by Crippen LogP contribution is -2.30. The van der Waals surface area contributed by atoms with Crippen LogP contribution in [0.4, 0.5) is 5.13 Å². The first-order chi connectivity index (χ1) is 13.9. The van der Waals surface area contributed by atoms with E-state index in [2.05, 4.69) is 10.3 Å². The molecule has 0 atom stereocenters. The smallest absolute Gasteiger partial charge is 0.243 e. The van der Waals surface area contributed by atoms with Crippen molar-refractivity contribution >= 4 is 42.6 Å². The zero-order chi connectivity index (χ0) is 21.0. The number of nitrogens with zero attached hydrogens (tertiary/aromatic N) is 2. The van der Waals surface area contributed by atoms with E-state index in [0.29, 0.717) is 28.4 Å². The zero-order valence-electron chi connectivity index (χ0n) is 16.5. The SMILES string of the molecule is CCN(CC)S(=O)(=O)c1ccc2nc(NC(=O)Cc3ccc(OC)cc3)sc2c1. The molecule has 0 bridgehead atoms. The average Bonchev–Trinajstić information content (AvgIpc) is 3.10. The third kappa shape index (κ3) is 4.75. The highest BCUT2D eigenvalue weighted by Crippen LogP contribution is 2.29. The number of carbonyl (C=O) groups excluding carboxylic acids is 1. The highest BCUT2D eigenvalue weighted by atomic mass is 32.2. The lowest BCUT2D eigenvalue weighted by molar-refractivity contribution is -0.115. The Balaban J connectivity index is 1.76. The summed E-state index contributed by atoms with van der Waals surface area (Å²) in [5, 5.41) is 3.23. The number of nitrogens with one attached hydrogen (secondary N) is 1. The minimum Gasteiger partial charge on any atom is -0.497 e. The van der Waals surface area contributed by atoms with E-state index in [1.165, 1.54) is 15.6 Å². The minimum atomic E-state index is -3.54. The Morgan fingerprint density at radius 2 is 1.83 bits per heavy atom. The molecule has 0 radical (unpaired) electrons. The molecule has 9 heteroatoms. The van der Waals surface area contributed by atoms with E-state index >= 15 is 0 Å². The molecular weight excluding hydrogens is 410 g/mol. The van der Waals surface area contributed by atoms with Gasteiger partial charge in [0.25, 0.3) is 0 Å². The third-order valence-electron chi connectivity index (χ3n) is 4.47. The number of amides is 1. The van der Waals surface area contributed by atoms with Crippen molar-refractivity contribution in [3.8, 4) is 5.75 Å².